The first kappa shape index (κ1) is 31.8. The summed E-state index contributed by atoms with van der Waals surface area (Å²) in [6, 6.07) is 1.57. The van der Waals surface area contributed by atoms with Crippen molar-refractivity contribution in [2.45, 2.75) is 50.2 Å². The first-order valence-electron chi connectivity index (χ1n) is 12.4. The number of alkyl halides is 5. The lowest BCUT2D eigenvalue weighted by Gasteiger charge is -2.34. The van der Waals surface area contributed by atoms with E-state index in [0.717, 1.165) is 12.1 Å². The Labute approximate surface area is 234 Å². The van der Waals surface area contributed by atoms with Crippen LogP contribution in [-0.2, 0) is 22.6 Å². The van der Waals surface area contributed by atoms with Crippen LogP contribution in [0.5, 0.6) is 0 Å². The van der Waals surface area contributed by atoms with Crippen LogP contribution in [0.1, 0.15) is 41.3 Å². The highest BCUT2D eigenvalue weighted by molar-refractivity contribution is 7.92. The average Bonchev–Trinajstić information content (AvgIpc) is 2.86. The number of sulfone groups is 1. The number of nitrogens with one attached hydrogen (secondary N) is 2. The average molecular weight is 618 g/mol. The van der Waals surface area contributed by atoms with E-state index in [1.165, 1.54) is 25.2 Å². The summed E-state index contributed by atoms with van der Waals surface area (Å²) in [7, 11) is -3.53. The van der Waals surface area contributed by atoms with Crippen LogP contribution in [0.2, 0.25) is 5.02 Å². The van der Waals surface area contributed by atoms with E-state index in [0.29, 0.717) is 19.4 Å². The molecular weight excluding hydrogens is 588 g/mol. The molecular formula is C25H30Cl2F5N3O3S. The lowest BCUT2D eigenvalue weighted by molar-refractivity contribution is -0.138. The topological polar surface area (TPSA) is 78.5 Å². The quantitative estimate of drug-likeness (QED) is 0.361. The van der Waals surface area contributed by atoms with Gasteiger partial charge in [0.05, 0.1) is 17.4 Å². The first-order valence-corrected chi connectivity index (χ1v) is 14.9. The number of rotatable bonds is 10. The Morgan fingerprint density at radius 1 is 1.23 bits per heavy atom. The molecule has 39 heavy (non-hydrogen) atoms. The number of carbonyl (C=O) groups is 1. The molecule has 0 radical (unpaired) electrons. The van der Waals surface area contributed by atoms with Gasteiger partial charge in [-0.15, -0.1) is 0 Å². The number of benzene rings is 1. The molecule has 3 rings (SSSR count). The summed E-state index contributed by atoms with van der Waals surface area (Å²) >= 11 is 12.3. The molecule has 1 fully saturated rings. The minimum absolute atomic E-state index is 0.135. The Hall–Kier alpha value is -1.73. The van der Waals surface area contributed by atoms with Gasteiger partial charge in [-0.3, -0.25) is 9.69 Å². The van der Waals surface area contributed by atoms with Crippen molar-refractivity contribution in [2.75, 3.05) is 31.9 Å². The van der Waals surface area contributed by atoms with Crippen molar-refractivity contribution in [3.05, 3.63) is 57.1 Å². The van der Waals surface area contributed by atoms with E-state index in [-0.39, 0.29) is 52.6 Å². The van der Waals surface area contributed by atoms with E-state index in [4.69, 9.17) is 23.2 Å². The molecule has 0 aromatic heterocycles. The third kappa shape index (κ3) is 8.63. The van der Waals surface area contributed by atoms with Gasteiger partial charge in [-0.2, -0.15) is 13.2 Å². The highest BCUT2D eigenvalue weighted by Crippen LogP contribution is 2.37. The Morgan fingerprint density at radius 3 is 2.59 bits per heavy atom. The minimum Gasteiger partial charge on any atom is -0.351 e. The maximum absolute atomic E-state index is 14.1. The fourth-order valence-electron chi connectivity index (χ4n) is 4.78. The summed E-state index contributed by atoms with van der Waals surface area (Å²) in [6.45, 7) is 1.39. The normalized spacial score (nSPS) is 22.7. The molecule has 1 aromatic rings. The number of amides is 1. The van der Waals surface area contributed by atoms with Crippen LogP contribution >= 0.6 is 23.2 Å². The van der Waals surface area contributed by atoms with Crippen LogP contribution in [0.3, 0.4) is 0 Å². The van der Waals surface area contributed by atoms with Gasteiger partial charge in [0.25, 0.3) is 12.3 Å². The zero-order valence-electron chi connectivity index (χ0n) is 21.1. The third-order valence-corrected chi connectivity index (χ3v) is 9.50. The second-order valence-corrected chi connectivity index (χ2v) is 12.8. The highest BCUT2D eigenvalue weighted by Gasteiger charge is 2.37. The van der Waals surface area contributed by atoms with E-state index >= 15 is 0 Å². The van der Waals surface area contributed by atoms with E-state index in [9.17, 15) is 35.2 Å². The van der Waals surface area contributed by atoms with Gasteiger partial charge in [-0.1, -0.05) is 42.3 Å². The number of hydrogen-bond donors (Lipinski definition) is 2. The van der Waals surface area contributed by atoms with Gasteiger partial charge in [0, 0.05) is 53.0 Å². The molecule has 3 atom stereocenters. The highest BCUT2D eigenvalue weighted by atomic mass is 35.5. The van der Waals surface area contributed by atoms with Gasteiger partial charge in [0.1, 0.15) is 0 Å². The molecule has 218 valence electrons. The predicted octanol–water partition coefficient (Wildman–Crippen LogP) is 5.02. The molecule has 2 N–H and O–H groups in total. The van der Waals surface area contributed by atoms with Gasteiger partial charge >= 0.3 is 6.18 Å². The molecule has 2 unspecified atom stereocenters. The number of allylic oxidation sites excluding steroid dienone is 2. The molecule has 1 heterocycles. The van der Waals surface area contributed by atoms with Gasteiger partial charge in [0.2, 0.25) is 0 Å². The van der Waals surface area contributed by atoms with Crippen LogP contribution in [0.25, 0.3) is 0 Å². The number of carbonyl (C=O) groups excluding carboxylic acids is 1. The summed E-state index contributed by atoms with van der Waals surface area (Å²) in [5, 5.41) is 4.32. The zero-order chi connectivity index (χ0) is 29.0. The maximum Gasteiger partial charge on any atom is 0.416 e. The Kier molecular flexibility index (Phi) is 10.8. The van der Waals surface area contributed by atoms with Gasteiger partial charge < -0.3 is 10.6 Å². The smallest absolute Gasteiger partial charge is 0.351 e. The van der Waals surface area contributed by atoms with Crippen LogP contribution < -0.4 is 10.6 Å². The van der Waals surface area contributed by atoms with Crippen molar-refractivity contribution in [3.63, 3.8) is 0 Å². The standard InChI is InChI=1S/C25H30Cl2F5N3O3S/c1-2-39(37,38)22-6-5-17(26)8-16(22)11-34-24(36)15-9-20(25(30,31)32)19(21(27)10-15)14-35-7-3-4-18(13-35)33-12-23(28)29/h5-6,8-10,16,18,22-23,33H,2-4,7,11-14H2,1H3,(H,34,36)/t16?,18-,22?/m0/s1. The molecule has 1 aliphatic heterocycles. The van der Waals surface area contributed by atoms with Crippen molar-refractivity contribution in [2.24, 2.45) is 5.92 Å². The third-order valence-electron chi connectivity index (χ3n) is 6.77. The van der Waals surface area contributed by atoms with Crippen molar-refractivity contribution >= 4 is 38.9 Å². The van der Waals surface area contributed by atoms with E-state index in [1.807, 2.05) is 0 Å². The molecule has 6 nitrogen and oxygen atoms in total. The fourth-order valence-corrected chi connectivity index (χ4v) is 6.70. The van der Waals surface area contributed by atoms with Gasteiger partial charge in [-0.25, -0.2) is 17.2 Å². The first-order chi connectivity index (χ1) is 18.2. The van der Waals surface area contributed by atoms with Gasteiger partial charge in [0.15, 0.2) is 9.84 Å². The van der Waals surface area contributed by atoms with Gasteiger partial charge in [-0.05, 0) is 43.2 Å². The summed E-state index contributed by atoms with van der Waals surface area (Å²) in [6.07, 6.45) is -1.74. The van der Waals surface area contributed by atoms with Crippen LogP contribution in [0, 0.1) is 5.92 Å². The maximum atomic E-state index is 14.1. The molecule has 0 spiro atoms. The predicted molar refractivity (Wildman–Crippen MR) is 141 cm³/mol. The SMILES string of the molecule is CCS(=O)(=O)C1C=CC(Cl)=CC1CNC(=O)c1cc(Cl)c(CN2CCC[C@H](NCC(F)F)C2)c(C(F)(F)F)c1. The van der Waals surface area contributed by atoms with E-state index in [1.54, 1.807) is 4.90 Å². The summed E-state index contributed by atoms with van der Waals surface area (Å²) in [4.78, 5) is 14.6. The van der Waals surface area contributed by atoms with Crippen molar-refractivity contribution < 1.29 is 35.2 Å². The molecule has 2 aliphatic rings. The Balaban J connectivity index is 1.78. The molecule has 0 saturated carbocycles. The van der Waals surface area contributed by atoms with E-state index < -0.39 is 51.6 Å². The number of hydrogen-bond acceptors (Lipinski definition) is 5. The Morgan fingerprint density at radius 2 is 1.95 bits per heavy atom. The molecule has 1 amide bonds. The molecule has 14 heteroatoms. The number of halogens is 7. The number of nitrogens with zero attached hydrogens (tertiary/aromatic N) is 1. The van der Waals surface area contributed by atoms with Crippen molar-refractivity contribution in [1.82, 2.24) is 15.5 Å². The monoisotopic (exact) mass is 617 g/mol. The summed E-state index contributed by atoms with van der Waals surface area (Å²) < 4.78 is 92.2. The summed E-state index contributed by atoms with van der Waals surface area (Å²) in [5.41, 5.74) is -1.61. The van der Waals surface area contributed by atoms with E-state index in [2.05, 4.69) is 10.6 Å². The lowest BCUT2D eigenvalue weighted by Crippen LogP contribution is -2.46. The number of piperidine rings is 1. The largest absolute Gasteiger partial charge is 0.416 e. The Bertz CT molecular complexity index is 1210. The minimum atomic E-state index is -4.82. The molecule has 0 bridgehead atoms. The fraction of sp³-hybridized carbons (Fsp3) is 0.560. The van der Waals surface area contributed by atoms with Crippen molar-refractivity contribution in [1.29, 1.82) is 0 Å². The summed E-state index contributed by atoms with van der Waals surface area (Å²) in [5.74, 6) is -1.70. The zero-order valence-corrected chi connectivity index (χ0v) is 23.4. The van der Waals surface area contributed by atoms with Crippen LogP contribution in [-0.4, -0.2) is 68.9 Å². The van der Waals surface area contributed by atoms with Crippen molar-refractivity contribution in [3.8, 4) is 0 Å². The lowest BCUT2D eigenvalue weighted by atomic mass is 9.98. The van der Waals surface area contributed by atoms with Crippen LogP contribution in [0.4, 0.5) is 22.0 Å². The molecule has 1 aromatic carbocycles. The van der Waals surface area contributed by atoms with Crippen LogP contribution in [0.15, 0.2) is 35.4 Å². The second-order valence-electron chi connectivity index (χ2n) is 9.56. The second kappa shape index (κ2) is 13.3. The molecule has 1 saturated heterocycles. The molecule has 1 aliphatic carbocycles. The number of likely N-dealkylation sites (tertiary alicyclic amines) is 1.